The molecule has 1 aliphatic heterocycles. The van der Waals surface area contributed by atoms with Crippen LogP contribution in [0.15, 0.2) is 34.8 Å². The highest BCUT2D eigenvalue weighted by molar-refractivity contribution is 7.09. The molecule has 2 heterocycles. The molecule has 1 aliphatic rings. The van der Waals surface area contributed by atoms with Crippen molar-refractivity contribution in [2.45, 2.75) is 20.4 Å². The molecular formula is C19H27N5OS. The molecule has 1 saturated heterocycles. The van der Waals surface area contributed by atoms with Crippen LogP contribution in [-0.4, -0.2) is 55.7 Å². The van der Waals surface area contributed by atoms with Gasteiger partial charge in [0.2, 0.25) is 0 Å². The zero-order valence-electron chi connectivity index (χ0n) is 15.7. The Kier molecular flexibility index (Phi) is 6.33. The number of hydrogen-bond acceptors (Lipinski definition) is 5. The number of aromatic nitrogens is 1. The Morgan fingerprint density at radius 3 is 2.77 bits per heavy atom. The number of guanidine groups is 1. The fourth-order valence-electron chi connectivity index (χ4n) is 3.03. The Balaban J connectivity index is 1.63. The molecule has 0 amide bonds. The molecule has 2 aromatic rings. The van der Waals surface area contributed by atoms with Crippen molar-refractivity contribution in [1.29, 1.82) is 0 Å². The average molecular weight is 374 g/mol. The Morgan fingerprint density at radius 1 is 1.31 bits per heavy atom. The summed E-state index contributed by atoms with van der Waals surface area (Å²) < 4.78 is 5.34. The zero-order chi connectivity index (χ0) is 18.4. The molecule has 1 N–H and O–H groups in total. The van der Waals surface area contributed by atoms with Gasteiger partial charge in [0.15, 0.2) is 5.96 Å². The zero-order valence-corrected chi connectivity index (χ0v) is 16.6. The third-order valence-electron chi connectivity index (χ3n) is 4.55. The second-order valence-electron chi connectivity index (χ2n) is 6.21. The maximum absolute atomic E-state index is 5.34. The number of hydrogen-bond donors (Lipinski definition) is 1. The van der Waals surface area contributed by atoms with E-state index in [0.29, 0.717) is 6.54 Å². The fraction of sp³-hybridized carbons (Fsp3) is 0.474. The number of rotatable bonds is 5. The second kappa shape index (κ2) is 8.89. The van der Waals surface area contributed by atoms with Crippen LogP contribution in [0.25, 0.3) is 0 Å². The first-order valence-corrected chi connectivity index (χ1v) is 9.90. The van der Waals surface area contributed by atoms with E-state index < -0.39 is 0 Å². The summed E-state index contributed by atoms with van der Waals surface area (Å²) in [7, 11) is 1.71. The number of aliphatic imine (C=N–C) groups is 1. The normalized spacial score (nSPS) is 15.3. The molecule has 140 valence electrons. The van der Waals surface area contributed by atoms with Crippen LogP contribution < -0.4 is 15.0 Å². The van der Waals surface area contributed by atoms with E-state index in [1.54, 1.807) is 18.4 Å². The molecule has 1 aromatic heterocycles. The summed E-state index contributed by atoms with van der Waals surface area (Å²) in [5.74, 6) is 1.89. The van der Waals surface area contributed by atoms with Crippen LogP contribution in [-0.2, 0) is 6.54 Å². The van der Waals surface area contributed by atoms with Gasteiger partial charge in [-0.2, -0.15) is 0 Å². The van der Waals surface area contributed by atoms with Crippen molar-refractivity contribution >= 4 is 23.0 Å². The van der Waals surface area contributed by atoms with E-state index in [0.717, 1.165) is 50.1 Å². The van der Waals surface area contributed by atoms with Gasteiger partial charge in [-0.05, 0) is 26.0 Å². The summed E-state index contributed by atoms with van der Waals surface area (Å²) in [5, 5.41) is 3.43. The quantitative estimate of drug-likeness (QED) is 0.645. The van der Waals surface area contributed by atoms with Gasteiger partial charge in [-0.15, -0.1) is 11.3 Å². The Bertz CT molecular complexity index is 737. The molecule has 0 bridgehead atoms. The highest BCUT2D eigenvalue weighted by Gasteiger charge is 2.20. The van der Waals surface area contributed by atoms with E-state index in [1.165, 1.54) is 10.6 Å². The van der Waals surface area contributed by atoms with Gasteiger partial charge in [0, 0.05) is 49.4 Å². The van der Waals surface area contributed by atoms with E-state index >= 15 is 0 Å². The summed E-state index contributed by atoms with van der Waals surface area (Å²) in [6, 6.07) is 8.27. The van der Waals surface area contributed by atoms with Gasteiger partial charge in [-0.25, -0.2) is 9.98 Å². The van der Waals surface area contributed by atoms with E-state index in [9.17, 15) is 0 Å². The van der Waals surface area contributed by atoms with Crippen LogP contribution in [0.3, 0.4) is 0 Å². The highest BCUT2D eigenvalue weighted by Crippen LogP contribution is 2.22. The van der Waals surface area contributed by atoms with Crippen molar-refractivity contribution in [3.05, 3.63) is 40.3 Å². The molecule has 26 heavy (non-hydrogen) atoms. The van der Waals surface area contributed by atoms with Gasteiger partial charge in [-0.1, -0.05) is 6.07 Å². The molecule has 1 aromatic carbocycles. The average Bonchev–Trinajstić information content (AvgIpc) is 3.10. The number of ether oxygens (including phenoxy) is 1. The topological polar surface area (TPSA) is 53.0 Å². The number of thiazole rings is 1. The minimum absolute atomic E-state index is 0.689. The van der Waals surface area contributed by atoms with E-state index in [4.69, 9.17) is 9.73 Å². The molecule has 7 heteroatoms. The SMILES string of the molecule is CCNC(=NCc1scnc1C)N1CCN(c2cccc(OC)c2)CC1. The number of benzene rings is 1. The summed E-state index contributed by atoms with van der Waals surface area (Å²) in [5.41, 5.74) is 4.18. The molecule has 0 radical (unpaired) electrons. The van der Waals surface area contributed by atoms with Crippen molar-refractivity contribution in [3.8, 4) is 5.75 Å². The lowest BCUT2D eigenvalue weighted by molar-refractivity contribution is 0.372. The molecule has 1 fully saturated rings. The van der Waals surface area contributed by atoms with E-state index in [2.05, 4.69) is 39.2 Å². The predicted molar refractivity (Wildman–Crippen MR) is 108 cm³/mol. The lowest BCUT2D eigenvalue weighted by Gasteiger charge is -2.37. The number of piperazine rings is 1. The van der Waals surface area contributed by atoms with Crippen molar-refractivity contribution in [3.63, 3.8) is 0 Å². The number of nitrogens with one attached hydrogen (secondary N) is 1. The van der Waals surface area contributed by atoms with Crippen LogP contribution in [0, 0.1) is 6.92 Å². The van der Waals surface area contributed by atoms with Gasteiger partial charge in [-0.3, -0.25) is 0 Å². The van der Waals surface area contributed by atoms with Crippen molar-refractivity contribution < 1.29 is 4.74 Å². The molecule has 6 nitrogen and oxygen atoms in total. The van der Waals surface area contributed by atoms with E-state index in [-0.39, 0.29) is 0 Å². The lowest BCUT2D eigenvalue weighted by atomic mass is 10.2. The standard InChI is InChI=1S/C19H27N5OS/c1-4-20-19(21-13-18-15(2)22-14-26-18)24-10-8-23(9-11-24)16-6-5-7-17(12-16)25-3/h5-7,12,14H,4,8-11,13H2,1-3H3,(H,20,21). The van der Waals surface area contributed by atoms with Crippen LogP contribution in [0.2, 0.25) is 0 Å². The molecule has 0 aliphatic carbocycles. The van der Waals surface area contributed by atoms with Crippen molar-refractivity contribution in [2.24, 2.45) is 4.99 Å². The number of anilines is 1. The molecule has 0 saturated carbocycles. The molecular weight excluding hydrogens is 346 g/mol. The second-order valence-corrected chi connectivity index (χ2v) is 7.15. The minimum atomic E-state index is 0.689. The first-order valence-electron chi connectivity index (χ1n) is 9.02. The maximum Gasteiger partial charge on any atom is 0.194 e. The number of aryl methyl sites for hydroxylation is 1. The number of methoxy groups -OCH3 is 1. The largest absolute Gasteiger partial charge is 0.497 e. The van der Waals surface area contributed by atoms with Crippen molar-refractivity contribution in [1.82, 2.24) is 15.2 Å². The third-order valence-corrected chi connectivity index (χ3v) is 5.47. The molecule has 0 unspecified atom stereocenters. The van der Waals surface area contributed by atoms with Crippen LogP contribution in [0.5, 0.6) is 5.75 Å². The van der Waals surface area contributed by atoms with Crippen LogP contribution in [0.4, 0.5) is 5.69 Å². The van der Waals surface area contributed by atoms with Crippen LogP contribution in [0.1, 0.15) is 17.5 Å². The molecule has 0 spiro atoms. The summed E-state index contributed by atoms with van der Waals surface area (Å²) in [6.07, 6.45) is 0. The molecule has 0 atom stereocenters. The first-order chi connectivity index (χ1) is 12.7. The monoisotopic (exact) mass is 373 g/mol. The van der Waals surface area contributed by atoms with Gasteiger partial charge in [0.05, 0.1) is 24.9 Å². The van der Waals surface area contributed by atoms with Crippen LogP contribution >= 0.6 is 11.3 Å². The Hall–Kier alpha value is -2.28. The first kappa shape index (κ1) is 18.5. The third kappa shape index (κ3) is 4.46. The van der Waals surface area contributed by atoms with Crippen molar-refractivity contribution in [2.75, 3.05) is 44.7 Å². The lowest BCUT2D eigenvalue weighted by Crippen LogP contribution is -2.52. The summed E-state index contributed by atoms with van der Waals surface area (Å²) >= 11 is 1.67. The predicted octanol–water partition coefficient (Wildman–Crippen LogP) is 2.75. The maximum atomic E-state index is 5.34. The van der Waals surface area contributed by atoms with Gasteiger partial charge in [0.25, 0.3) is 0 Å². The van der Waals surface area contributed by atoms with Gasteiger partial charge >= 0.3 is 0 Å². The Labute approximate surface area is 159 Å². The smallest absolute Gasteiger partial charge is 0.194 e. The fourth-order valence-corrected chi connectivity index (χ4v) is 3.73. The highest BCUT2D eigenvalue weighted by atomic mass is 32.1. The number of nitrogens with zero attached hydrogens (tertiary/aromatic N) is 4. The summed E-state index contributed by atoms with van der Waals surface area (Å²) in [4.78, 5) is 15.1. The Morgan fingerprint density at radius 2 is 2.12 bits per heavy atom. The summed E-state index contributed by atoms with van der Waals surface area (Å²) in [6.45, 7) is 9.55. The molecule has 3 rings (SSSR count). The van der Waals surface area contributed by atoms with E-state index in [1.807, 2.05) is 24.6 Å². The van der Waals surface area contributed by atoms with Gasteiger partial charge < -0.3 is 19.9 Å². The van der Waals surface area contributed by atoms with Gasteiger partial charge in [0.1, 0.15) is 5.75 Å². The minimum Gasteiger partial charge on any atom is -0.497 e.